The number of methoxy groups -OCH3 is 1. The predicted octanol–water partition coefficient (Wildman–Crippen LogP) is 3.68. The minimum Gasteiger partial charge on any atom is -0.507 e. The number of benzene rings is 1. The molecule has 8 nitrogen and oxygen atoms in total. The van der Waals surface area contributed by atoms with Crippen LogP contribution in [0.25, 0.3) is 5.76 Å². The van der Waals surface area contributed by atoms with E-state index in [0.29, 0.717) is 27.4 Å². The van der Waals surface area contributed by atoms with Gasteiger partial charge in [-0.05, 0) is 36.8 Å². The second kappa shape index (κ2) is 8.35. The van der Waals surface area contributed by atoms with Crippen LogP contribution in [-0.2, 0) is 9.59 Å². The lowest BCUT2D eigenvalue weighted by Gasteiger charge is -2.23. The Balaban J connectivity index is 1.96. The summed E-state index contributed by atoms with van der Waals surface area (Å²) >= 11 is 1.04. The molecule has 1 atom stereocenters. The normalized spacial score (nSPS) is 17.6. The van der Waals surface area contributed by atoms with Gasteiger partial charge in [0.1, 0.15) is 11.5 Å². The number of aliphatic hydroxyl groups excluding tert-OH is 1. The molecular formula is C23H19N3O5S. The molecule has 0 saturated carbocycles. The van der Waals surface area contributed by atoms with Crippen LogP contribution in [-0.4, -0.2) is 39.7 Å². The summed E-state index contributed by atoms with van der Waals surface area (Å²) in [5.41, 5.74) is 1.30. The molecule has 1 saturated heterocycles. The molecule has 1 aliphatic rings. The molecule has 162 valence electrons. The van der Waals surface area contributed by atoms with Crippen molar-refractivity contribution in [2.24, 2.45) is 0 Å². The number of nitrogens with zero attached hydrogens (tertiary/aromatic N) is 3. The first kappa shape index (κ1) is 21.4. The predicted molar refractivity (Wildman–Crippen MR) is 119 cm³/mol. The molecule has 1 unspecified atom stereocenters. The van der Waals surface area contributed by atoms with Crippen LogP contribution in [0.15, 0.2) is 54.4 Å². The van der Waals surface area contributed by atoms with E-state index in [-0.39, 0.29) is 22.2 Å². The Kier molecular flexibility index (Phi) is 5.58. The zero-order valence-corrected chi connectivity index (χ0v) is 18.3. The van der Waals surface area contributed by atoms with Crippen molar-refractivity contribution in [2.45, 2.75) is 19.9 Å². The number of hydrogen-bond donors (Lipinski definition) is 1. The number of carbonyl (C=O) groups excluding carboxylic acids is 3. The number of ketones is 2. The topological polar surface area (TPSA) is 110 Å². The summed E-state index contributed by atoms with van der Waals surface area (Å²) in [4.78, 5) is 48.2. The van der Waals surface area contributed by atoms with E-state index in [1.807, 2.05) is 0 Å². The summed E-state index contributed by atoms with van der Waals surface area (Å²) in [7, 11) is 1.51. The monoisotopic (exact) mass is 449 g/mol. The van der Waals surface area contributed by atoms with Crippen LogP contribution in [0.1, 0.15) is 39.5 Å². The Labute approximate surface area is 187 Å². The largest absolute Gasteiger partial charge is 0.507 e. The maximum absolute atomic E-state index is 13.1. The fourth-order valence-electron chi connectivity index (χ4n) is 3.63. The Morgan fingerprint density at radius 1 is 1.19 bits per heavy atom. The highest BCUT2D eigenvalue weighted by atomic mass is 32.1. The third-order valence-electron chi connectivity index (χ3n) is 5.12. The highest BCUT2D eigenvalue weighted by Crippen LogP contribution is 2.44. The molecule has 9 heteroatoms. The Bertz CT molecular complexity index is 1270. The van der Waals surface area contributed by atoms with Crippen molar-refractivity contribution >= 4 is 39.7 Å². The van der Waals surface area contributed by atoms with Crippen LogP contribution >= 0.6 is 11.3 Å². The highest BCUT2D eigenvalue weighted by Gasteiger charge is 2.48. The van der Waals surface area contributed by atoms with Crippen LogP contribution in [0.5, 0.6) is 5.75 Å². The smallest absolute Gasteiger partial charge is 0.301 e. The SMILES string of the molecule is COc1cccc(C2C(=C(O)c3ccncc3)C(=O)C(=O)N2c2nc(C)c(C(C)=O)s2)c1. The number of Topliss-reactive ketones (excluding diaryl/α,β-unsaturated/α-hetero) is 2. The molecule has 3 heterocycles. The molecule has 1 aromatic carbocycles. The molecule has 1 aliphatic heterocycles. The maximum atomic E-state index is 13.1. The Morgan fingerprint density at radius 2 is 1.91 bits per heavy atom. The van der Waals surface area contributed by atoms with Gasteiger partial charge >= 0.3 is 5.91 Å². The second-order valence-corrected chi connectivity index (χ2v) is 8.13. The van der Waals surface area contributed by atoms with E-state index in [9.17, 15) is 19.5 Å². The molecule has 0 bridgehead atoms. The number of ether oxygens (including phenoxy) is 1. The van der Waals surface area contributed by atoms with Crippen molar-refractivity contribution < 1.29 is 24.2 Å². The van der Waals surface area contributed by atoms with E-state index < -0.39 is 17.7 Å². The summed E-state index contributed by atoms with van der Waals surface area (Å²) in [6.07, 6.45) is 2.96. The molecule has 2 aromatic heterocycles. The van der Waals surface area contributed by atoms with Crippen molar-refractivity contribution in [2.75, 3.05) is 12.0 Å². The minimum absolute atomic E-state index is 0.0771. The fourth-order valence-corrected chi connectivity index (χ4v) is 4.62. The number of pyridine rings is 1. The van der Waals surface area contributed by atoms with Crippen LogP contribution in [0.3, 0.4) is 0 Å². The van der Waals surface area contributed by atoms with Crippen LogP contribution in [0.4, 0.5) is 5.13 Å². The van der Waals surface area contributed by atoms with Gasteiger partial charge in [-0.2, -0.15) is 0 Å². The number of aliphatic hydroxyl groups is 1. The average Bonchev–Trinajstić information content (AvgIpc) is 3.31. The molecule has 1 N–H and O–H groups in total. The number of carbonyl (C=O) groups is 3. The van der Waals surface area contributed by atoms with Gasteiger partial charge in [0.2, 0.25) is 0 Å². The van der Waals surface area contributed by atoms with Gasteiger partial charge in [0, 0.05) is 24.9 Å². The first-order valence-electron chi connectivity index (χ1n) is 9.67. The lowest BCUT2D eigenvalue weighted by atomic mass is 9.95. The zero-order chi connectivity index (χ0) is 23.0. The van der Waals surface area contributed by atoms with Gasteiger partial charge in [-0.25, -0.2) is 4.98 Å². The molecule has 0 spiro atoms. The summed E-state index contributed by atoms with van der Waals surface area (Å²) in [6, 6.07) is 9.03. The summed E-state index contributed by atoms with van der Waals surface area (Å²) in [5, 5.41) is 11.2. The van der Waals surface area contributed by atoms with E-state index in [1.54, 1.807) is 43.3 Å². The maximum Gasteiger partial charge on any atom is 0.301 e. The lowest BCUT2D eigenvalue weighted by Crippen LogP contribution is -2.29. The second-order valence-electron chi connectivity index (χ2n) is 7.15. The van der Waals surface area contributed by atoms with E-state index in [2.05, 4.69) is 9.97 Å². The van der Waals surface area contributed by atoms with Crippen LogP contribution < -0.4 is 9.64 Å². The molecule has 3 aromatic rings. The number of rotatable bonds is 5. The molecule has 0 aliphatic carbocycles. The first-order valence-corrected chi connectivity index (χ1v) is 10.5. The quantitative estimate of drug-likeness (QED) is 0.274. The van der Waals surface area contributed by atoms with Crippen molar-refractivity contribution in [3.05, 3.63) is 76.1 Å². The van der Waals surface area contributed by atoms with Crippen molar-refractivity contribution in [1.82, 2.24) is 9.97 Å². The standard InChI is InChI=1S/C23H19N3O5S/c1-12-21(13(2)27)32-23(25-12)26-18(15-5-4-6-16(11-15)31-3)17(20(29)22(26)30)19(28)14-7-9-24-10-8-14/h4-11,18,28H,1-3H3. The van der Waals surface area contributed by atoms with Gasteiger partial charge in [0.15, 0.2) is 10.9 Å². The Hall–Kier alpha value is -3.85. The van der Waals surface area contributed by atoms with Gasteiger partial charge < -0.3 is 9.84 Å². The zero-order valence-electron chi connectivity index (χ0n) is 17.5. The van der Waals surface area contributed by atoms with Crippen LogP contribution in [0, 0.1) is 6.92 Å². The lowest BCUT2D eigenvalue weighted by molar-refractivity contribution is -0.132. The van der Waals surface area contributed by atoms with Crippen molar-refractivity contribution in [3.63, 3.8) is 0 Å². The summed E-state index contributed by atoms with van der Waals surface area (Å²) < 4.78 is 5.31. The third kappa shape index (κ3) is 3.56. The summed E-state index contributed by atoms with van der Waals surface area (Å²) in [5.74, 6) is -1.66. The fraction of sp³-hybridized carbons (Fsp3) is 0.174. The van der Waals surface area contributed by atoms with Crippen molar-refractivity contribution in [1.29, 1.82) is 0 Å². The molecule has 0 radical (unpaired) electrons. The van der Waals surface area contributed by atoms with Gasteiger partial charge in [0.05, 0.1) is 29.3 Å². The molecule has 1 fully saturated rings. The number of anilines is 1. The number of amides is 1. The minimum atomic E-state index is -0.955. The summed E-state index contributed by atoms with van der Waals surface area (Å²) in [6.45, 7) is 3.09. The van der Waals surface area contributed by atoms with E-state index >= 15 is 0 Å². The molecule has 1 amide bonds. The molecular weight excluding hydrogens is 430 g/mol. The van der Waals surface area contributed by atoms with Crippen molar-refractivity contribution in [3.8, 4) is 5.75 Å². The number of hydrogen-bond acceptors (Lipinski definition) is 8. The third-order valence-corrected chi connectivity index (χ3v) is 6.38. The molecule has 4 rings (SSSR count). The Morgan fingerprint density at radius 3 is 2.53 bits per heavy atom. The average molecular weight is 449 g/mol. The van der Waals surface area contributed by atoms with E-state index in [0.717, 1.165) is 11.3 Å². The molecule has 32 heavy (non-hydrogen) atoms. The number of aryl methyl sites for hydroxylation is 1. The van der Waals surface area contributed by atoms with Gasteiger partial charge in [-0.1, -0.05) is 23.5 Å². The first-order chi connectivity index (χ1) is 15.3. The number of aromatic nitrogens is 2. The van der Waals surface area contributed by atoms with Gasteiger partial charge in [0.25, 0.3) is 5.78 Å². The number of thiazole rings is 1. The highest BCUT2D eigenvalue weighted by molar-refractivity contribution is 7.18. The van der Waals surface area contributed by atoms with Gasteiger partial charge in [-0.15, -0.1) is 0 Å². The van der Waals surface area contributed by atoms with Crippen LogP contribution in [0.2, 0.25) is 0 Å². The van der Waals surface area contributed by atoms with Gasteiger partial charge in [-0.3, -0.25) is 24.3 Å². The van der Waals surface area contributed by atoms with E-state index in [1.165, 1.54) is 31.3 Å². The van der Waals surface area contributed by atoms with E-state index in [4.69, 9.17) is 4.74 Å².